The number of hydrogen-bond acceptors (Lipinski definition) is 7. The van der Waals surface area contributed by atoms with Crippen molar-refractivity contribution in [3.05, 3.63) is 57.8 Å². The van der Waals surface area contributed by atoms with Crippen molar-refractivity contribution in [2.45, 2.75) is 20.3 Å². The molecule has 0 unspecified atom stereocenters. The molecule has 1 N–H and O–H groups in total. The number of carbonyl (C=O) groups excluding carboxylic acids is 2. The minimum atomic E-state index is -0.465. The summed E-state index contributed by atoms with van der Waals surface area (Å²) < 4.78 is 5.34. The number of fused-ring (bicyclic) bond motifs is 1. The van der Waals surface area contributed by atoms with Gasteiger partial charge >= 0.3 is 5.97 Å². The molecular weight excluding hydrogens is 420 g/mol. The zero-order valence-electron chi connectivity index (χ0n) is 16.3. The highest BCUT2D eigenvalue weighted by atomic mass is 32.2. The van der Waals surface area contributed by atoms with E-state index < -0.39 is 11.9 Å². The molecule has 0 fully saturated rings. The second-order valence-corrected chi connectivity index (χ2v) is 9.04. The maximum absolute atomic E-state index is 12.5. The second kappa shape index (κ2) is 8.37. The zero-order chi connectivity index (χ0) is 21.3. The first-order valence-corrected chi connectivity index (χ1v) is 10.9. The van der Waals surface area contributed by atoms with Crippen molar-refractivity contribution < 1.29 is 14.3 Å². The number of nitrogens with zero attached hydrogens (tertiary/aromatic N) is 3. The Morgan fingerprint density at radius 3 is 2.70 bits per heavy atom. The molecule has 0 saturated heterocycles. The van der Waals surface area contributed by atoms with Crippen molar-refractivity contribution in [1.29, 1.82) is 5.41 Å². The number of aliphatic imine (C=N–C) groups is 1. The van der Waals surface area contributed by atoms with Crippen molar-refractivity contribution in [2.24, 2.45) is 16.0 Å². The lowest BCUT2D eigenvalue weighted by molar-refractivity contribution is -0.114. The molecule has 0 radical (unpaired) electrons. The summed E-state index contributed by atoms with van der Waals surface area (Å²) in [5.74, 6) is -0.0495. The summed E-state index contributed by atoms with van der Waals surface area (Å²) >= 11 is 2.65. The average Bonchev–Trinajstić information content (AvgIpc) is 3.36. The first-order valence-electron chi connectivity index (χ1n) is 9.25. The lowest BCUT2D eigenvalue weighted by Gasteiger charge is -2.20. The molecule has 0 bridgehead atoms. The Kier molecular flexibility index (Phi) is 5.65. The van der Waals surface area contributed by atoms with Gasteiger partial charge in [0.1, 0.15) is 15.7 Å². The molecule has 0 saturated carbocycles. The molecule has 152 valence electrons. The minimum Gasteiger partial charge on any atom is -0.422 e. The van der Waals surface area contributed by atoms with Crippen LogP contribution in [0.2, 0.25) is 0 Å². The van der Waals surface area contributed by atoms with Crippen LogP contribution in [-0.2, 0) is 4.79 Å². The van der Waals surface area contributed by atoms with Gasteiger partial charge in [-0.25, -0.2) is 4.79 Å². The minimum absolute atomic E-state index is 0.00413. The monoisotopic (exact) mass is 438 g/mol. The van der Waals surface area contributed by atoms with E-state index in [1.165, 1.54) is 28.1 Å². The number of ether oxygens (including phenoxy) is 1. The number of amides is 1. The van der Waals surface area contributed by atoms with E-state index in [0.29, 0.717) is 27.3 Å². The third-order valence-corrected chi connectivity index (χ3v) is 5.98. The van der Waals surface area contributed by atoms with Crippen LogP contribution in [-0.4, -0.2) is 32.9 Å². The van der Waals surface area contributed by atoms with E-state index in [1.807, 2.05) is 5.38 Å². The van der Waals surface area contributed by atoms with Gasteiger partial charge in [-0.1, -0.05) is 32.0 Å². The van der Waals surface area contributed by atoms with Crippen LogP contribution in [0.4, 0.5) is 0 Å². The molecule has 7 nitrogen and oxygen atoms in total. The van der Waals surface area contributed by atoms with Gasteiger partial charge in [-0.05, 0) is 52.9 Å². The number of benzene rings is 1. The molecule has 2 aliphatic heterocycles. The van der Waals surface area contributed by atoms with E-state index in [4.69, 9.17) is 10.1 Å². The van der Waals surface area contributed by atoms with Gasteiger partial charge in [0.15, 0.2) is 5.84 Å². The third kappa shape index (κ3) is 4.27. The Morgan fingerprint density at radius 1 is 1.27 bits per heavy atom. The smallest absolute Gasteiger partial charge is 0.353 e. The lowest BCUT2D eigenvalue weighted by Crippen LogP contribution is -2.35. The summed E-state index contributed by atoms with van der Waals surface area (Å²) in [5, 5.41) is 17.3. The molecule has 1 amide bonds. The predicted molar refractivity (Wildman–Crippen MR) is 120 cm³/mol. The number of rotatable bonds is 5. The maximum Gasteiger partial charge on any atom is 0.353 e. The summed E-state index contributed by atoms with van der Waals surface area (Å²) in [7, 11) is 0. The van der Waals surface area contributed by atoms with E-state index in [1.54, 1.807) is 42.5 Å². The number of thiophene rings is 1. The number of nitrogens with one attached hydrogen (secondary N) is 1. The van der Waals surface area contributed by atoms with Crippen LogP contribution in [0.1, 0.15) is 35.5 Å². The number of hydrogen-bond donors (Lipinski definition) is 1. The van der Waals surface area contributed by atoms with Crippen molar-refractivity contribution in [2.75, 3.05) is 0 Å². The highest BCUT2D eigenvalue weighted by molar-refractivity contribution is 8.26. The van der Waals surface area contributed by atoms with E-state index in [0.717, 1.165) is 11.5 Å². The molecule has 1 aromatic carbocycles. The fraction of sp³-hybridized carbons (Fsp3) is 0.190. The van der Waals surface area contributed by atoms with Gasteiger partial charge in [0.05, 0.1) is 5.57 Å². The fourth-order valence-electron chi connectivity index (χ4n) is 2.81. The maximum atomic E-state index is 12.5. The number of amidine groups is 2. The molecule has 2 aliphatic rings. The van der Waals surface area contributed by atoms with Crippen LogP contribution in [0.25, 0.3) is 6.08 Å². The number of esters is 1. The summed E-state index contributed by atoms with van der Waals surface area (Å²) in [6.45, 7) is 4.18. The van der Waals surface area contributed by atoms with Crippen LogP contribution in [0.5, 0.6) is 5.75 Å². The molecule has 30 heavy (non-hydrogen) atoms. The van der Waals surface area contributed by atoms with Gasteiger partial charge in [-0.15, -0.1) is 11.3 Å². The van der Waals surface area contributed by atoms with Crippen molar-refractivity contribution in [3.8, 4) is 5.75 Å². The normalized spacial score (nSPS) is 17.3. The molecule has 4 rings (SSSR count). The Bertz CT molecular complexity index is 1100. The van der Waals surface area contributed by atoms with Crippen molar-refractivity contribution in [1.82, 2.24) is 5.01 Å². The Morgan fingerprint density at radius 2 is 2.03 bits per heavy atom. The van der Waals surface area contributed by atoms with Crippen LogP contribution >= 0.6 is 23.1 Å². The van der Waals surface area contributed by atoms with Crippen molar-refractivity contribution in [3.63, 3.8) is 0 Å². The standard InChI is InChI=1S/C21H18N4O3S2/c1-12(2)10-17-24-25-18(22)15(19(26)23-21(25)30-17)11-13-5-7-14(8-6-13)28-20(27)16-4-3-9-29-16/h3-9,11-12,22H,10H2,1-2H3/b15-11-,22-18?. The highest BCUT2D eigenvalue weighted by Crippen LogP contribution is 2.30. The molecule has 1 aromatic heterocycles. The number of hydrazone groups is 1. The number of thioether (sulfide) groups is 1. The Balaban J connectivity index is 1.51. The highest BCUT2D eigenvalue weighted by Gasteiger charge is 2.35. The Hall–Kier alpha value is -3.04. The van der Waals surface area contributed by atoms with Gasteiger partial charge in [0, 0.05) is 6.42 Å². The molecule has 2 aromatic rings. The van der Waals surface area contributed by atoms with Crippen LogP contribution in [0.15, 0.2) is 57.4 Å². The van der Waals surface area contributed by atoms with Crippen LogP contribution < -0.4 is 4.74 Å². The van der Waals surface area contributed by atoms with Gasteiger partial charge in [-0.3, -0.25) is 10.2 Å². The van der Waals surface area contributed by atoms with Crippen molar-refractivity contribution >= 4 is 57.1 Å². The lowest BCUT2D eigenvalue weighted by atomic mass is 10.1. The molecule has 0 aliphatic carbocycles. The van der Waals surface area contributed by atoms with Crippen LogP contribution in [0, 0.1) is 11.3 Å². The molecule has 3 heterocycles. The van der Waals surface area contributed by atoms with E-state index in [2.05, 4.69) is 23.9 Å². The zero-order valence-corrected chi connectivity index (χ0v) is 17.9. The molecule has 0 atom stereocenters. The number of carbonyl (C=O) groups is 2. The quantitative estimate of drug-likeness (QED) is 0.417. The molecular formula is C21H18N4O3S2. The average molecular weight is 439 g/mol. The summed E-state index contributed by atoms with van der Waals surface area (Å²) in [6.07, 6.45) is 2.36. The van der Waals surface area contributed by atoms with Gasteiger partial charge in [0.2, 0.25) is 5.17 Å². The molecule has 9 heteroatoms. The topological polar surface area (TPSA) is 95.2 Å². The SMILES string of the molecule is CC(C)CC1=NN2C(=N)/C(=C/c3ccc(OC(=O)c4cccs4)cc3)C(=O)N=C2S1. The van der Waals surface area contributed by atoms with Gasteiger partial charge < -0.3 is 4.74 Å². The van der Waals surface area contributed by atoms with E-state index in [-0.39, 0.29) is 11.4 Å². The summed E-state index contributed by atoms with van der Waals surface area (Å²) in [6, 6.07) is 10.2. The first kappa shape index (κ1) is 20.2. The van der Waals surface area contributed by atoms with Gasteiger partial charge in [0.25, 0.3) is 5.91 Å². The van der Waals surface area contributed by atoms with Gasteiger partial charge in [-0.2, -0.15) is 15.1 Å². The first-order chi connectivity index (χ1) is 14.4. The van der Waals surface area contributed by atoms with Crippen LogP contribution in [0.3, 0.4) is 0 Å². The predicted octanol–water partition coefficient (Wildman–Crippen LogP) is 4.63. The summed E-state index contributed by atoms with van der Waals surface area (Å²) in [5.41, 5.74) is 0.855. The van der Waals surface area contributed by atoms with E-state index in [9.17, 15) is 9.59 Å². The molecule has 0 spiro atoms. The summed E-state index contributed by atoms with van der Waals surface area (Å²) in [4.78, 5) is 29.1. The third-order valence-electron chi connectivity index (χ3n) is 4.20. The Labute approximate surface area is 181 Å². The largest absolute Gasteiger partial charge is 0.422 e. The fourth-order valence-corrected chi connectivity index (χ4v) is 4.51. The van der Waals surface area contributed by atoms with E-state index >= 15 is 0 Å². The second-order valence-electron chi connectivity index (χ2n) is 7.05.